The van der Waals surface area contributed by atoms with Gasteiger partial charge >= 0.3 is 0 Å². The Morgan fingerprint density at radius 2 is 1.54 bits per heavy atom. The number of thiocarbonyl (C=S) groups is 1. The van der Waals surface area contributed by atoms with E-state index in [0.717, 1.165) is 46.8 Å². The summed E-state index contributed by atoms with van der Waals surface area (Å²) in [6.45, 7) is 5.87. The smallest absolute Gasteiger partial charge is 0.221 e. The Morgan fingerprint density at radius 1 is 1.00 bits per heavy atom. The fourth-order valence-electron chi connectivity index (χ4n) is 3.22. The average molecular weight is 417 g/mol. The Kier molecular flexibility index (Phi) is 6.75. The maximum Gasteiger partial charge on any atom is 0.221 e. The third-order valence-corrected chi connectivity index (χ3v) is 5.30. The maximum atomic E-state index is 11.1. The molecule has 1 amide bonds. The Hall–Kier alpha value is -2.31. The number of amides is 1. The molecule has 0 spiro atoms. The van der Waals surface area contributed by atoms with E-state index in [-0.39, 0.29) is 5.91 Å². The predicted molar refractivity (Wildman–Crippen MR) is 123 cm³/mol. The number of hydrogen-bond acceptors (Lipinski definition) is 3. The molecule has 1 aliphatic rings. The van der Waals surface area contributed by atoms with Gasteiger partial charge in [0.1, 0.15) is 0 Å². The second kappa shape index (κ2) is 9.26. The van der Waals surface area contributed by atoms with Gasteiger partial charge in [0.25, 0.3) is 0 Å². The minimum Gasteiger partial charge on any atom is -0.370 e. The number of nitrogens with zero attached hydrogens (tertiary/aromatic N) is 1. The van der Waals surface area contributed by atoms with Crippen molar-refractivity contribution in [2.75, 3.05) is 33.9 Å². The predicted octanol–water partition coefficient (Wildman–Crippen LogP) is 5.34. The minimum atomic E-state index is -0.0997. The first kappa shape index (κ1) is 20.4. The molecule has 7 heteroatoms. The van der Waals surface area contributed by atoms with Crippen LogP contribution in [0.3, 0.4) is 0 Å². The van der Waals surface area contributed by atoms with Crippen LogP contribution in [-0.2, 0) is 4.79 Å². The van der Waals surface area contributed by atoms with Crippen molar-refractivity contribution in [3.05, 3.63) is 47.5 Å². The number of piperidine rings is 1. The Morgan fingerprint density at radius 3 is 2.11 bits per heavy atom. The molecular weight excluding hydrogens is 392 g/mol. The zero-order valence-electron chi connectivity index (χ0n) is 16.1. The first-order valence-corrected chi connectivity index (χ1v) is 10.2. The summed E-state index contributed by atoms with van der Waals surface area (Å²) in [5, 5.41) is 10.2. The molecule has 0 radical (unpaired) electrons. The summed E-state index contributed by atoms with van der Waals surface area (Å²) in [5.74, 6) is 0.684. The molecule has 28 heavy (non-hydrogen) atoms. The number of carbonyl (C=O) groups is 1. The number of nitrogens with one attached hydrogen (secondary N) is 3. The van der Waals surface area contributed by atoms with Crippen LogP contribution in [0.2, 0.25) is 5.02 Å². The molecule has 0 unspecified atom stereocenters. The van der Waals surface area contributed by atoms with E-state index in [2.05, 4.69) is 27.8 Å². The zero-order valence-corrected chi connectivity index (χ0v) is 17.7. The van der Waals surface area contributed by atoms with Crippen LogP contribution >= 0.6 is 23.8 Å². The van der Waals surface area contributed by atoms with Crippen LogP contribution in [0.5, 0.6) is 0 Å². The molecule has 0 atom stereocenters. The van der Waals surface area contributed by atoms with Gasteiger partial charge in [-0.2, -0.15) is 0 Å². The minimum absolute atomic E-state index is 0.0997. The quantitative estimate of drug-likeness (QED) is 0.587. The lowest BCUT2D eigenvalue weighted by atomic mass is 9.99. The van der Waals surface area contributed by atoms with Gasteiger partial charge in [0.2, 0.25) is 5.91 Å². The van der Waals surface area contributed by atoms with Gasteiger partial charge in [-0.15, -0.1) is 0 Å². The highest BCUT2D eigenvalue weighted by Gasteiger charge is 2.18. The summed E-state index contributed by atoms with van der Waals surface area (Å²) in [6.07, 6.45) is 2.40. The molecule has 1 heterocycles. The molecule has 0 bridgehead atoms. The summed E-state index contributed by atoms with van der Waals surface area (Å²) in [5.41, 5.74) is 3.49. The average Bonchev–Trinajstić information content (AvgIpc) is 2.64. The number of rotatable bonds is 4. The van der Waals surface area contributed by atoms with E-state index in [0.29, 0.717) is 5.11 Å². The molecule has 2 aromatic rings. The summed E-state index contributed by atoms with van der Waals surface area (Å²) in [4.78, 5) is 13.4. The number of halogens is 1. The summed E-state index contributed by atoms with van der Waals surface area (Å²) < 4.78 is 0. The third-order valence-electron chi connectivity index (χ3n) is 4.79. The van der Waals surface area contributed by atoms with Crippen molar-refractivity contribution in [3.63, 3.8) is 0 Å². The van der Waals surface area contributed by atoms with E-state index in [1.54, 1.807) is 0 Å². The third kappa shape index (κ3) is 5.59. The highest BCUT2D eigenvalue weighted by Crippen LogP contribution is 2.31. The van der Waals surface area contributed by atoms with Crippen molar-refractivity contribution < 1.29 is 4.79 Å². The van der Waals surface area contributed by atoms with Crippen LogP contribution < -0.4 is 20.9 Å². The van der Waals surface area contributed by atoms with Gasteiger partial charge in [-0.3, -0.25) is 4.79 Å². The molecule has 0 aromatic heterocycles. The summed E-state index contributed by atoms with van der Waals surface area (Å²) >= 11 is 11.9. The zero-order chi connectivity index (χ0) is 20.1. The molecule has 148 valence electrons. The molecule has 2 aromatic carbocycles. The fraction of sp³-hybridized carbons (Fsp3) is 0.333. The maximum absolute atomic E-state index is 11.1. The number of carbonyl (C=O) groups excluding carboxylic acids is 1. The number of benzene rings is 2. The van der Waals surface area contributed by atoms with E-state index >= 15 is 0 Å². The normalized spacial score (nSPS) is 14.5. The lowest BCUT2D eigenvalue weighted by Gasteiger charge is -2.32. The van der Waals surface area contributed by atoms with Crippen LogP contribution in [-0.4, -0.2) is 24.1 Å². The van der Waals surface area contributed by atoms with Gasteiger partial charge < -0.3 is 20.9 Å². The van der Waals surface area contributed by atoms with Crippen LogP contribution in [0.25, 0.3) is 0 Å². The summed E-state index contributed by atoms with van der Waals surface area (Å²) in [6, 6.07) is 13.3. The van der Waals surface area contributed by atoms with Crippen molar-refractivity contribution in [2.45, 2.75) is 26.7 Å². The molecule has 1 fully saturated rings. The van der Waals surface area contributed by atoms with E-state index < -0.39 is 0 Å². The van der Waals surface area contributed by atoms with Gasteiger partial charge in [0, 0.05) is 37.1 Å². The van der Waals surface area contributed by atoms with Gasteiger partial charge in [-0.1, -0.05) is 18.5 Å². The number of hydrogen-bond donors (Lipinski definition) is 3. The van der Waals surface area contributed by atoms with Crippen molar-refractivity contribution in [2.24, 2.45) is 5.92 Å². The molecule has 0 aliphatic carbocycles. The van der Waals surface area contributed by atoms with E-state index in [1.807, 2.05) is 42.5 Å². The van der Waals surface area contributed by atoms with Gasteiger partial charge in [-0.05, 0) is 73.4 Å². The van der Waals surface area contributed by atoms with E-state index in [9.17, 15) is 4.79 Å². The van der Waals surface area contributed by atoms with Crippen LogP contribution in [0, 0.1) is 5.92 Å². The van der Waals surface area contributed by atoms with Crippen molar-refractivity contribution >= 4 is 57.6 Å². The second-order valence-electron chi connectivity index (χ2n) is 7.17. The Bertz CT molecular complexity index is 848. The summed E-state index contributed by atoms with van der Waals surface area (Å²) in [7, 11) is 0. The molecule has 3 N–H and O–H groups in total. The van der Waals surface area contributed by atoms with Gasteiger partial charge in [0.15, 0.2) is 5.11 Å². The Labute approximate surface area is 176 Å². The standard InChI is InChI=1S/C21H25ClN4OS/c1-14-9-11-26(12-10-14)20-8-7-18(13-19(20)22)25-21(28)24-17-5-3-16(4-6-17)23-15(2)27/h3-8,13-14H,9-12H2,1-2H3,(H,23,27)(H2,24,25,28). The second-order valence-corrected chi connectivity index (χ2v) is 7.99. The highest BCUT2D eigenvalue weighted by molar-refractivity contribution is 7.80. The number of anilines is 4. The largest absolute Gasteiger partial charge is 0.370 e. The highest BCUT2D eigenvalue weighted by atomic mass is 35.5. The Balaban J connectivity index is 1.58. The van der Waals surface area contributed by atoms with Crippen LogP contribution in [0.15, 0.2) is 42.5 Å². The molecule has 0 saturated carbocycles. The van der Waals surface area contributed by atoms with Crippen LogP contribution in [0.4, 0.5) is 22.7 Å². The molecule has 3 rings (SSSR count). The molecule has 5 nitrogen and oxygen atoms in total. The van der Waals surface area contributed by atoms with Crippen molar-refractivity contribution in [1.29, 1.82) is 0 Å². The SMILES string of the molecule is CC(=O)Nc1ccc(NC(=S)Nc2ccc(N3CCC(C)CC3)c(Cl)c2)cc1. The molecular formula is C21H25ClN4OS. The van der Waals surface area contributed by atoms with Crippen molar-refractivity contribution in [3.8, 4) is 0 Å². The fourth-order valence-corrected chi connectivity index (χ4v) is 3.76. The van der Waals surface area contributed by atoms with Gasteiger partial charge in [-0.25, -0.2) is 0 Å². The van der Waals surface area contributed by atoms with Gasteiger partial charge in [0.05, 0.1) is 10.7 Å². The van der Waals surface area contributed by atoms with Crippen LogP contribution in [0.1, 0.15) is 26.7 Å². The van der Waals surface area contributed by atoms with Crippen molar-refractivity contribution in [1.82, 2.24) is 0 Å². The lowest BCUT2D eigenvalue weighted by Crippen LogP contribution is -2.32. The topological polar surface area (TPSA) is 56.4 Å². The molecule has 1 saturated heterocycles. The van der Waals surface area contributed by atoms with E-state index in [4.69, 9.17) is 23.8 Å². The van der Waals surface area contributed by atoms with E-state index in [1.165, 1.54) is 19.8 Å². The monoisotopic (exact) mass is 416 g/mol. The lowest BCUT2D eigenvalue weighted by molar-refractivity contribution is -0.114. The first-order chi connectivity index (χ1) is 13.4. The first-order valence-electron chi connectivity index (χ1n) is 9.41. The molecule has 1 aliphatic heterocycles.